The number of aromatic nitrogens is 1. The molecule has 0 bridgehead atoms. The first kappa shape index (κ1) is 30.1. The third-order valence-corrected chi connectivity index (χ3v) is 10.3. The van der Waals surface area contributed by atoms with Gasteiger partial charge in [0.2, 0.25) is 5.91 Å². The predicted octanol–water partition coefficient (Wildman–Crippen LogP) is -2.05. The van der Waals surface area contributed by atoms with Crippen LogP contribution in [0.2, 0.25) is 0 Å². The van der Waals surface area contributed by atoms with Crippen LogP contribution in [0, 0.1) is 18.8 Å². The zero-order valence-corrected chi connectivity index (χ0v) is 25.1. The van der Waals surface area contributed by atoms with Crippen LogP contribution in [0.4, 0.5) is 0 Å². The van der Waals surface area contributed by atoms with Gasteiger partial charge in [0.15, 0.2) is 11.4 Å². The van der Waals surface area contributed by atoms with Crippen LogP contribution >= 0.6 is 0 Å². The quantitative estimate of drug-likeness (QED) is 0.457. The fraction of sp³-hybridized carbons (Fsp3) is 0.625. The normalized spacial score (nSPS) is 28.8. The van der Waals surface area contributed by atoms with Crippen molar-refractivity contribution in [1.29, 1.82) is 0 Å². The number of methoxy groups -OCH3 is 1. The summed E-state index contributed by atoms with van der Waals surface area (Å²) in [5.41, 5.74) is 5.32. The van der Waals surface area contributed by atoms with Crippen molar-refractivity contribution >= 4 is 5.91 Å². The highest BCUT2D eigenvalue weighted by Gasteiger charge is 2.56. The minimum Gasteiger partial charge on any atom is -1.00 e. The molecule has 1 amide bonds. The number of likely N-dealkylation sites (tertiary alicyclic amines) is 1. The van der Waals surface area contributed by atoms with E-state index in [1.54, 1.807) is 7.11 Å². The standard InChI is InChI=1S/C32H43N3O2.2ClH/c1-22-14-15-26-28(34-22)12-8-17-32(26)21-33-20-27(32)31(36)35-18-16-24(25-11-6-7-13-30(25)37-2)19-29(35)23-9-4-3-5-10-23;;/h6-7,11,13-15,23-24,27,29,33H,3-5,8-10,12,16-21H2,1-2H3;2*1H/t24-,27+,29+,32+;;/m1../s1. The SMILES string of the molecule is COc1ccccc1[C@@H]1CCN(C(=O)[C@@H]2C[NH2+]C[C@]23CCCc2[nH+]c(C)ccc23)[C@H](C2CCCCC2)C1.[Cl-].[Cl-]. The van der Waals surface area contributed by atoms with E-state index in [9.17, 15) is 4.79 Å². The van der Waals surface area contributed by atoms with Crippen LogP contribution < -0.4 is 39.9 Å². The Morgan fingerprint density at radius 1 is 1.05 bits per heavy atom. The van der Waals surface area contributed by atoms with Crippen LogP contribution in [-0.2, 0) is 16.6 Å². The maximum absolute atomic E-state index is 14.6. The molecule has 1 aromatic carbocycles. The summed E-state index contributed by atoms with van der Waals surface area (Å²) in [4.78, 5) is 20.7. The molecule has 3 heterocycles. The smallest absolute Gasteiger partial charge is 0.232 e. The number of ether oxygens (including phenoxy) is 1. The molecule has 1 spiro atoms. The monoisotopic (exact) mass is 573 g/mol. The average Bonchev–Trinajstić information content (AvgIpc) is 3.36. The van der Waals surface area contributed by atoms with E-state index in [-0.39, 0.29) is 36.1 Å². The third kappa shape index (κ3) is 5.56. The van der Waals surface area contributed by atoms with Crippen LogP contribution in [0.15, 0.2) is 36.4 Å². The minimum atomic E-state index is -0.0223. The van der Waals surface area contributed by atoms with Gasteiger partial charge in [-0.25, -0.2) is 4.98 Å². The molecule has 1 saturated carbocycles. The Morgan fingerprint density at radius 2 is 1.85 bits per heavy atom. The summed E-state index contributed by atoms with van der Waals surface area (Å²) in [6.45, 7) is 4.99. The van der Waals surface area contributed by atoms with Gasteiger partial charge in [-0.05, 0) is 68.1 Å². The lowest BCUT2D eigenvalue weighted by molar-refractivity contribution is -0.640. The molecular formula is C32H45Cl2N3O2. The fourth-order valence-corrected chi connectivity index (χ4v) is 8.54. The molecule has 0 unspecified atom stereocenters. The van der Waals surface area contributed by atoms with Crippen molar-refractivity contribution in [2.75, 3.05) is 26.7 Å². The molecule has 2 saturated heterocycles. The van der Waals surface area contributed by atoms with Gasteiger partial charge in [0.1, 0.15) is 11.7 Å². The second-order valence-corrected chi connectivity index (χ2v) is 12.3. The van der Waals surface area contributed by atoms with E-state index in [0.717, 1.165) is 51.1 Å². The molecule has 2 aromatic rings. The lowest BCUT2D eigenvalue weighted by Gasteiger charge is -2.47. The number of H-pyrrole nitrogens is 1. The van der Waals surface area contributed by atoms with Crippen molar-refractivity contribution in [2.24, 2.45) is 11.8 Å². The number of piperidine rings is 1. The van der Waals surface area contributed by atoms with E-state index in [0.29, 0.717) is 23.8 Å². The van der Waals surface area contributed by atoms with Crippen LogP contribution in [0.1, 0.15) is 86.2 Å². The number of benzene rings is 1. The topological polar surface area (TPSA) is 60.3 Å². The molecular weight excluding hydrogens is 529 g/mol. The van der Waals surface area contributed by atoms with Crippen molar-refractivity contribution in [3.8, 4) is 5.75 Å². The molecule has 6 rings (SSSR count). The van der Waals surface area contributed by atoms with Crippen LogP contribution in [0.3, 0.4) is 0 Å². The van der Waals surface area contributed by atoms with E-state index in [2.05, 4.69) is 58.5 Å². The maximum Gasteiger partial charge on any atom is 0.232 e. The van der Waals surface area contributed by atoms with Gasteiger partial charge in [-0.15, -0.1) is 0 Å². The van der Waals surface area contributed by atoms with Crippen LogP contribution in [0.5, 0.6) is 5.75 Å². The maximum atomic E-state index is 14.6. The molecule has 0 radical (unpaired) electrons. The number of fused-ring (bicyclic) bond motifs is 2. The number of halogens is 2. The number of nitrogens with zero attached hydrogens (tertiary/aromatic N) is 1. The Balaban J connectivity index is 0.00000176. The number of carbonyl (C=O) groups is 1. The molecule has 5 nitrogen and oxygen atoms in total. The number of pyridine rings is 1. The Hall–Kier alpha value is -1.82. The number of carbonyl (C=O) groups excluding carboxylic acids is 1. The van der Waals surface area contributed by atoms with E-state index < -0.39 is 0 Å². The molecule has 2 aliphatic carbocycles. The number of aryl methyl sites for hydroxylation is 2. The first-order valence-electron chi connectivity index (χ1n) is 14.9. The number of para-hydroxylation sites is 1. The highest BCUT2D eigenvalue weighted by molar-refractivity contribution is 5.82. The summed E-state index contributed by atoms with van der Waals surface area (Å²) >= 11 is 0. The van der Waals surface area contributed by atoms with Crippen LogP contribution in [0.25, 0.3) is 0 Å². The Kier molecular flexibility index (Phi) is 9.88. The second kappa shape index (κ2) is 12.8. The van der Waals surface area contributed by atoms with E-state index in [1.807, 2.05) is 0 Å². The summed E-state index contributed by atoms with van der Waals surface area (Å²) in [7, 11) is 1.78. The molecule has 214 valence electrons. The zero-order valence-electron chi connectivity index (χ0n) is 23.6. The number of rotatable bonds is 4. The number of hydrogen-bond acceptors (Lipinski definition) is 2. The van der Waals surface area contributed by atoms with Crippen molar-refractivity contribution in [3.05, 3.63) is 58.9 Å². The van der Waals surface area contributed by atoms with Crippen molar-refractivity contribution in [2.45, 2.75) is 88.5 Å². The third-order valence-electron chi connectivity index (χ3n) is 10.3. The van der Waals surface area contributed by atoms with E-state index in [1.165, 1.54) is 61.0 Å². The molecule has 3 fully saturated rings. The highest BCUT2D eigenvalue weighted by atomic mass is 35.5. The number of nitrogens with two attached hydrogens (primary N) is 1. The van der Waals surface area contributed by atoms with Gasteiger partial charge in [0.05, 0.1) is 25.6 Å². The largest absolute Gasteiger partial charge is 1.00 e. The first-order chi connectivity index (χ1) is 18.1. The molecule has 4 atom stereocenters. The van der Waals surface area contributed by atoms with E-state index >= 15 is 0 Å². The van der Waals surface area contributed by atoms with Crippen molar-refractivity contribution < 1.29 is 44.6 Å². The lowest BCUT2D eigenvalue weighted by Crippen LogP contribution is -3.00. The molecule has 1 aromatic heterocycles. The Morgan fingerprint density at radius 3 is 2.64 bits per heavy atom. The Labute approximate surface area is 246 Å². The number of nitrogens with one attached hydrogen (secondary N) is 1. The summed E-state index contributed by atoms with van der Waals surface area (Å²) in [6.07, 6.45) is 12.0. The van der Waals surface area contributed by atoms with Crippen molar-refractivity contribution in [1.82, 2.24) is 4.90 Å². The molecule has 4 aliphatic rings. The van der Waals surface area contributed by atoms with Crippen molar-refractivity contribution in [3.63, 3.8) is 0 Å². The lowest BCUT2D eigenvalue weighted by atomic mass is 9.64. The minimum absolute atomic E-state index is 0. The Bertz CT molecular complexity index is 1140. The fourth-order valence-electron chi connectivity index (χ4n) is 8.54. The van der Waals surface area contributed by atoms with Gasteiger partial charge in [0, 0.05) is 37.6 Å². The molecule has 39 heavy (non-hydrogen) atoms. The van der Waals surface area contributed by atoms with Gasteiger partial charge in [-0.1, -0.05) is 37.5 Å². The highest BCUT2D eigenvalue weighted by Crippen LogP contribution is 2.46. The molecule has 3 N–H and O–H groups in total. The number of hydrogen-bond donors (Lipinski definition) is 1. The zero-order chi connectivity index (χ0) is 25.4. The number of quaternary nitrogens is 1. The predicted molar refractivity (Wildman–Crippen MR) is 145 cm³/mol. The van der Waals surface area contributed by atoms with E-state index in [4.69, 9.17) is 4.74 Å². The van der Waals surface area contributed by atoms with Gasteiger partial charge in [0.25, 0.3) is 0 Å². The summed E-state index contributed by atoms with van der Waals surface area (Å²) in [5, 5.41) is 2.43. The van der Waals surface area contributed by atoms with Gasteiger partial charge in [-0.3, -0.25) is 4.79 Å². The summed E-state index contributed by atoms with van der Waals surface area (Å²) in [5.74, 6) is 2.62. The van der Waals surface area contributed by atoms with Gasteiger partial charge < -0.3 is 39.8 Å². The summed E-state index contributed by atoms with van der Waals surface area (Å²) < 4.78 is 5.76. The number of aromatic amines is 1. The van der Waals surface area contributed by atoms with Gasteiger partial charge in [-0.2, -0.15) is 0 Å². The van der Waals surface area contributed by atoms with Crippen LogP contribution in [-0.4, -0.2) is 43.6 Å². The second-order valence-electron chi connectivity index (χ2n) is 12.3. The average molecular weight is 575 g/mol. The summed E-state index contributed by atoms with van der Waals surface area (Å²) in [6, 6.07) is 13.5. The molecule has 7 heteroatoms. The van der Waals surface area contributed by atoms with Gasteiger partial charge >= 0.3 is 0 Å². The molecule has 2 aliphatic heterocycles. The number of amides is 1. The first-order valence-corrected chi connectivity index (χ1v) is 14.9.